The van der Waals surface area contributed by atoms with Gasteiger partial charge in [0.25, 0.3) is 0 Å². The topological polar surface area (TPSA) is 36.7 Å². The minimum absolute atomic E-state index is 0.566. The number of nitrogens with zero attached hydrogens (tertiary/aromatic N) is 2. The molecular weight excluding hydrogens is 436 g/mol. The molecule has 0 spiro atoms. The molecule has 0 aliphatic heterocycles. The minimum atomic E-state index is 0.566. The van der Waals surface area contributed by atoms with E-state index in [0.29, 0.717) is 5.57 Å². The molecule has 0 unspecified atom stereocenters. The lowest BCUT2D eigenvalue weighted by Crippen LogP contribution is -1.83. The highest BCUT2D eigenvalue weighted by Gasteiger charge is 2.09. The average molecular weight is 446 g/mol. The van der Waals surface area contributed by atoms with Gasteiger partial charge in [-0.25, -0.2) is 4.98 Å². The molecule has 1 heterocycles. The molecule has 23 heavy (non-hydrogen) atoms. The van der Waals surface area contributed by atoms with E-state index >= 15 is 0 Å². The highest BCUT2D eigenvalue weighted by Crippen LogP contribution is 2.28. The summed E-state index contributed by atoms with van der Waals surface area (Å²) in [5, 5.41) is 12.2. The maximum atomic E-state index is 9.46. The zero-order valence-electron chi connectivity index (χ0n) is 11.8. The van der Waals surface area contributed by atoms with Crippen LogP contribution in [0.25, 0.3) is 22.9 Å². The normalized spacial score (nSPS) is 11.3. The monoisotopic (exact) mass is 444 g/mol. The number of nitriles is 1. The summed E-state index contributed by atoms with van der Waals surface area (Å²) < 4.78 is 2.02. The highest BCUT2D eigenvalue weighted by atomic mass is 79.9. The van der Waals surface area contributed by atoms with E-state index in [4.69, 9.17) is 0 Å². The molecule has 2 nitrogen and oxygen atoms in total. The maximum absolute atomic E-state index is 9.46. The summed E-state index contributed by atoms with van der Waals surface area (Å²) in [5.41, 5.74) is 3.45. The van der Waals surface area contributed by atoms with Crippen molar-refractivity contribution in [3.63, 3.8) is 0 Å². The van der Waals surface area contributed by atoms with Gasteiger partial charge >= 0.3 is 0 Å². The Morgan fingerprint density at radius 3 is 2.57 bits per heavy atom. The number of halogens is 2. The number of aromatic nitrogens is 1. The predicted molar refractivity (Wildman–Crippen MR) is 103 cm³/mol. The van der Waals surface area contributed by atoms with Gasteiger partial charge in [0.05, 0.1) is 11.3 Å². The smallest absolute Gasteiger partial charge is 0.134 e. The van der Waals surface area contributed by atoms with Crippen LogP contribution in [-0.4, -0.2) is 4.98 Å². The van der Waals surface area contributed by atoms with E-state index in [0.717, 1.165) is 30.8 Å². The number of allylic oxidation sites excluding steroid dienone is 1. The van der Waals surface area contributed by atoms with Gasteiger partial charge in [0.15, 0.2) is 0 Å². The van der Waals surface area contributed by atoms with E-state index in [1.165, 1.54) is 11.3 Å². The first-order valence-electron chi connectivity index (χ1n) is 6.75. The Morgan fingerprint density at radius 1 is 1.09 bits per heavy atom. The van der Waals surface area contributed by atoms with Crippen molar-refractivity contribution in [3.05, 3.63) is 73.4 Å². The molecule has 2 aromatic carbocycles. The third-order valence-electron chi connectivity index (χ3n) is 3.15. The van der Waals surface area contributed by atoms with Crippen LogP contribution in [0.1, 0.15) is 10.6 Å². The predicted octanol–water partition coefficient (Wildman–Crippen LogP) is 6.40. The van der Waals surface area contributed by atoms with Crippen LogP contribution in [0.3, 0.4) is 0 Å². The zero-order chi connectivity index (χ0) is 16.2. The molecule has 0 amide bonds. The second kappa shape index (κ2) is 7.22. The summed E-state index contributed by atoms with van der Waals surface area (Å²) in [5.74, 6) is 0. The van der Waals surface area contributed by atoms with E-state index in [-0.39, 0.29) is 0 Å². The quantitative estimate of drug-likeness (QED) is 0.437. The minimum Gasteiger partial charge on any atom is -0.235 e. The lowest BCUT2D eigenvalue weighted by molar-refractivity contribution is 1.37. The van der Waals surface area contributed by atoms with E-state index in [2.05, 4.69) is 42.9 Å². The zero-order valence-corrected chi connectivity index (χ0v) is 15.8. The third-order valence-corrected chi connectivity index (χ3v) is 5.05. The van der Waals surface area contributed by atoms with Crippen molar-refractivity contribution in [1.82, 2.24) is 4.98 Å². The Morgan fingerprint density at radius 2 is 1.87 bits per heavy atom. The van der Waals surface area contributed by atoms with Crippen molar-refractivity contribution in [2.45, 2.75) is 0 Å². The summed E-state index contributed by atoms with van der Waals surface area (Å²) >= 11 is 8.35. The molecule has 3 rings (SSSR count). The average Bonchev–Trinajstić information content (AvgIpc) is 3.03. The second-order valence-electron chi connectivity index (χ2n) is 4.77. The largest absolute Gasteiger partial charge is 0.235 e. The molecule has 112 valence electrons. The van der Waals surface area contributed by atoms with Crippen molar-refractivity contribution in [2.24, 2.45) is 0 Å². The molecule has 0 N–H and O–H groups in total. The van der Waals surface area contributed by atoms with Crippen LogP contribution in [0, 0.1) is 11.3 Å². The molecule has 3 aromatic rings. The van der Waals surface area contributed by atoms with Crippen molar-refractivity contribution in [3.8, 4) is 17.3 Å². The molecule has 5 heteroatoms. The molecule has 0 aliphatic rings. The van der Waals surface area contributed by atoms with Gasteiger partial charge in [-0.1, -0.05) is 56.1 Å². The van der Waals surface area contributed by atoms with E-state index in [9.17, 15) is 5.26 Å². The van der Waals surface area contributed by atoms with Crippen LogP contribution < -0.4 is 0 Å². The van der Waals surface area contributed by atoms with E-state index in [1.54, 1.807) is 0 Å². The molecule has 0 atom stereocenters. The number of hydrogen-bond acceptors (Lipinski definition) is 3. The van der Waals surface area contributed by atoms with Crippen molar-refractivity contribution in [2.75, 3.05) is 0 Å². The Bertz CT molecular complexity index is 905. The molecule has 0 saturated heterocycles. The van der Waals surface area contributed by atoms with Gasteiger partial charge in [0.1, 0.15) is 11.1 Å². The number of rotatable bonds is 3. The molecule has 0 bridgehead atoms. The fourth-order valence-corrected chi connectivity index (χ4v) is 3.53. The van der Waals surface area contributed by atoms with Crippen LogP contribution in [0.4, 0.5) is 0 Å². The summed E-state index contributed by atoms with van der Waals surface area (Å²) in [7, 11) is 0. The Kier molecular flexibility index (Phi) is 5.06. The Hall–Kier alpha value is -1.74. The van der Waals surface area contributed by atoms with Crippen molar-refractivity contribution in [1.29, 1.82) is 5.26 Å². The molecule has 0 aliphatic carbocycles. The maximum Gasteiger partial charge on any atom is 0.134 e. The molecule has 0 saturated carbocycles. The number of benzene rings is 2. The molecular formula is C18H10Br2N2S. The number of hydrogen-bond donors (Lipinski definition) is 0. The lowest BCUT2D eigenvalue weighted by Gasteiger charge is -1.98. The Balaban J connectivity index is 1.94. The van der Waals surface area contributed by atoms with Gasteiger partial charge < -0.3 is 0 Å². The van der Waals surface area contributed by atoms with Gasteiger partial charge in [0, 0.05) is 19.9 Å². The first kappa shape index (κ1) is 16.1. The van der Waals surface area contributed by atoms with E-state index < -0.39 is 0 Å². The standard InChI is InChI=1S/C18H10Br2N2S/c19-15-6-4-13(5-7-15)17-11-23-18(22-17)14(10-21)8-12-2-1-3-16(20)9-12/h1-9,11H/b14-8+. The number of thiazole rings is 1. The van der Waals surface area contributed by atoms with Crippen molar-refractivity contribution >= 4 is 54.8 Å². The van der Waals surface area contributed by atoms with Crippen molar-refractivity contribution < 1.29 is 0 Å². The third kappa shape index (κ3) is 3.97. The van der Waals surface area contributed by atoms with Crippen LogP contribution >= 0.6 is 43.2 Å². The first-order chi connectivity index (χ1) is 11.2. The van der Waals surface area contributed by atoms with Crippen LogP contribution in [0.5, 0.6) is 0 Å². The van der Waals surface area contributed by atoms with Gasteiger partial charge in [-0.15, -0.1) is 11.3 Å². The summed E-state index contributed by atoms with van der Waals surface area (Å²) in [6, 6.07) is 18.1. The summed E-state index contributed by atoms with van der Waals surface area (Å²) in [6.45, 7) is 0. The summed E-state index contributed by atoms with van der Waals surface area (Å²) in [6.07, 6.45) is 1.86. The van der Waals surface area contributed by atoms with Gasteiger partial charge in [-0.3, -0.25) is 0 Å². The van der Waals surface area contributed by atoms with Crippen LogP contribution in [0.2, 0.25) is 0 Å². The second-order valence-corrected chi connectivity index (χ2v) is 7.46. The van der Waals surface area contributed by atoms with Crippen LogP contribution in [0.15, 0.2) is 62.9 Å². The first-order valence-corrected chi connectivity index (χ1v) is 9.21. The Labute approximate surface area is 155 Å². The van der Waals surface area contributed by atoms with E-state index in [1.807, 2.05) is 60.0 Å². The van der Waals surface area contributed by atoms with Crippen LogP contribution in [-0.2, 0) is 0 Å². The van der Waals surface area contributed by atoms with Gasteiger partial charge in [0.2, 0.25) is 0 Å². The highest BCUT2D eigenvalue weighted by molar-refractivity contribution is 9.10. The summed E-state index contributed by atoms with van der Waals surface area (Å²) in [4.78, 5) is 4.60. The molecule has 0 radical (unpaired) electrons. The fraction of sp³-hybridized carbons (Fsp3) is 0. The van der Waals surface area contributed by atoms with Gasteiger partial charge in [-0.05, 0) is 35.9 Å². The SMILES string of the molecule is N#C/C(=C\c1cccc(Br)c1)c1nc(-c2ccc(Br)cc2)cs1. The molecule has 0 fully saturated rings. The lowest BCUT2D eigenvalue weighted by atomic mass is 10.1. The fourth-order valence-electron chi connectivity index (χ4n) is 2.06. The van der Waals surface area contributed by atoms with Gasteiger partial charge in [-0.2, -0.15) is 5.26 Å². The molecule has 1 aromatic heterocycles.